The van der Waals surface area contributed by atoms with Gasteiger partial charge in [0, 0.05) is 27.6 Å². The molecule has 0 radical (unpaired) electrons. The van der Waals surface area contributed by atoms with Gasteiger partial charge in [0.1, 0.15) is 5.56 Å². The molecule has 12 heteroatoms. The first-order valence-electron chi connectivity index (χ1n) is 11.5. The van der Waals surface area contributed by atoms with Crippen LogP contribution in [0.4, 0.5) is 0 Å². The lowest BCUT2D eigenvalue weighted by molar-refractivity contribution is 0.0512. The van der Waals surface area contributed by atoms with E-state index in [1.54, 1.807) is 25.1 Å². The van der Waals surface area contributed by atoms with Gasteiger partial charge in [-0.2, -0.15) is 5.10 Å². The maximum atomic E-state index is 13.9. The quantitative estimate of drug-likeness (QED) is 0.286. The largest absolute Gasteiger partial charge is 0.461 e. The summed E-state index contributed by atoms with van der Waals surface area (Å²) in [5.74, 6) is -0.448. The Morgan fingerprint density at radius 2 is 1.94 bits per heavy atom. The zero-order chi connectivity index (χ0) is 26.4. The molecular formula is C24H27BrN4O6S. The molecule has 0 aliphatic heterocycles. The van der Waals surface area contributed by atoms with Gasteiger partial charge in [-0.05, 0) is 43.5 Å². The highest BCUT2D eigenvalue weighted by molar-refractivity contribution is 9.10. The van der Waals surface area contributed by atoms with Gasteiger partial charge >= 0.3 is 5.97 Å². The Labute approximate surface area is 217 Å². The van der Waals surface area contributed by atoms with E-state index in [2.05, 4.69) is 31.2 Å². The first-order valence-corrected chi connectivity index (χ1v) is 14.1. The second-order valence-corrected chi connectivity index (χ2v) is 12.6. The summed E-state index contributed by atoms with van der Waals surface area (Å²) in [5, 5.41) is 8.13. The van der Waals surface area contributed by atoms with Gasteiger partial charge in [0.2, 0.25) is 20.7 Å². The minimum Gasteiger partial charge on any atom is -0.461 e. The van der Waals surface area contributed by atoms with Crippen molar-refractivity contribution in [3.8, 4) is 0 Å². The highest BCUT2D eigenvalue weighted by atomic mass is 79.9. The number of ketones is 1. The third-order valence-electron chi connectivity index (χ3n) is 5.63. The zero-order valence-electron chi connectivity index (χ0n) is 20.7. The lowest BCUT2D eigenvalue weighted by atomic mass is 9.95. The molecule has 1 aliphatic carbocycles. The van der Waals surface area contributed by atoms with Gasteiger partial charge < -0.3 is 9.26 Å². The van der Waals surface area contributed by atoms with E-state index in [0.29, 0.717) is 21.6 Å². The number of sulfone groups is 1. The predicted octanol–water partition coefficient (Wildman–Crippen LogP) is 4.06. The van der Waals surface area contributed by atoms with Crippen LogP contribution >= 0.6 is 15.9 Å². The summed E-state index contributed by atoms with van der Waals surface area (Å²) in [5.41, 5.74) is 0.182. The van der Waals surface area contributed by atoms with Crippen LogP contribution in [0, 0.1) is 0 Å². The van der Waals surface area contributed by atoms with E-state index in [9.17, 15) is 18.0 Å². The van der Waals surface area contributed by atoms with Gasteiger partial charge in [-0.3, -0.25) is 4.79 Å². The van der Waals surface area contributed by atoms with Crippen molar-refractivity contribution < 1.29 is 27.3 Å². The number of carbonyl (C=O) groups excluding carboxylic acids is 2. The predicted molar refractivity (Wildman–Crippen MR) is 133 cm³/mol. The molecule has 1 saturated carbocycles. The second-order valence-electron chi connectivity index (χ2n) is 9.79. The first kappa shape index (κ1) is 26.2. The average Bonchev–Trinajstić information content (AvgIpc) is 3.35. The van der Waals surface area contributed by atoms with Crippen LogP contribution in [-0.2, 0) is 26.5 Å². The number of esters is 1. The number of carbonyl (C=O) groups is 2. The molecule has 10 nitrogen and oxygen atoms in total. The number of ether oxygens (including phenoxy) is 1. The Morgan fingerprint density at radius 3 is 2.53 bits per heavy atom. The molecule has 0 amide bonds. The Balaban J connectivity index is 1.82. The van der Waals surface area contributed by atoms with E-state index in [4.69, 9.17) is 9.26 Å². The third-order valence-corrected chi connectivity index (χ3v) is 7.09. The molecule has 0 bridgehead atoms. The molecular weight excluding hydrogens is 552 g/mol. The molecule has 0 unspecified atom stereocenters. The molecule has 192 valence electrons. The van der Waals surface area contributed by atoms with Crippen molar-refractivity contribution in [3.05, 3.63) is 56.6 Å². The van der Waals surface area contributed by atoms with Gasteiger partial charge in [0.25, 0.3) is 0 Å². The number of halogens is 1. The second kappa shape index (κ2) is 9.55. The molecule has 1 aromatic carbocycles. The normalized spacial score (nSPS) is 14.2. The van der Waals surface area contributed by atoms with E-state index in [0.717, 1.165) is 19.1 Å². The summed E-state index contributed by atoms with van der Waals surface area (Å²) in [4.78, 5) is 30.7. The minimum absolute atomic E-state index is 0.0139. The van der Waals surface area contributed by atoms with Crippen LogP contribution in [0.25, 0.3) is 0 Å². The summed E-state index contributed by atoms with van der Waals surface area (Å²) >= 11 is 3.43. The van der Waals surface area contributed by atoms with Crippen LogP contribution in [0.15, 0.2) is 32.4 Å². The molecule has 3 aromatic rings. The Hall–Kier alpha value is -2.86. The molecule has 0 spiro atoms. The standard InChI is InChI=1S/C24H27BrN4O6S/c1-6-34-21(31)18-17(20(35-28-18)13-7-8-13)19(30)16-10-9-15(25)11-14(16)12-29-23(36(5,32)33)26-22(27-29)24(2,3)4/h9-11,13H,6-8,12H2,1-5H3. The topological polar surface area (TPSA) is 134 Å². The molecule has 2 heterocycles. The van der Waals surface area contributed by atoms with Crippen molar-refractivity contribution in [2.45, 2.75) is 63.6 Å². The number of hydrogen-bond donors (Lipinski definition) is 0. The van der Waals surface area contributed by atoms with E-state index in [-0.39, 0.29) is 41.0 Å². The maximum absolute atomic E-state index is 13.9. The summed E-state index contributed by atoms with van der Waals surface area (Å²) in [6, 6.07) is 5.03. The van der Waals surface area contributed by atoms with Crippen molar-refractivity contribution in [3.63, 3.8) is 0 Å². The van der Waals surface area contributed by atoms with Gasteiger partial charge in [-0.25, -0.2) is 22.9 Å². The van der Waals surface area contributed by atoms with Crippen molar-refractivity contribution in [2.75, 3.05) is 12.9 Å². The van der Waals surface area contributed by atoms with E-state index < -0.39 is 27.0 Å². The monoisotopic (exact) mass is 578 g/mol. The lowest BCUT2D eigenvalue weighted by Gasteiger charge is -2.13. The van der Waals surface area contributed by atoms with Crippen molar-refractivity contribution >= 4 is 37.5 Å². The molecule has 0 saturated heterocycles. The molecule has 0 N–H and O–H groups in total. The van der Waals surface area contributed by atoms with Crippen molar-refractivity contribution in [2.24, 2.45) is 0 Å². The molecule has 36 heavy (non-hydrogen) atoms. The smallest absolute Gasteiger partial charge is 0.361 e. The highest BCUT2D eigenvalue weighted by Gasteiger charge is 2.38. The maximum Gasteiger partial charge on any atom is 0.361 e. The van der Waals surface area contributed by atoms with Gasteiger partial charge in [0.15, 0.2) is 17.4 Å². The van der Waals surface area contributed by atoms with Crippen molar-refractivity contribution in [1.82, 2.24) is 19.9 Å². The molecule has 1 fully saturated rings. The molecule has 0 atom stereocenters. The Morgan fingerprint density at radius 1 is 1.25 bits per heavy atom. The fraction of sp³-hybridized carbons (Fsp3) is 0.458. The van der Waals surface area contributed by atoms with Crippen LogP contribution in [0.2, 0.25) is 0 Å². The van der Waals surface area contributed by atoms with Crippen LogP contribution in [0.3, 0.4) is 0 Å². The lowest BCUT2D eigenvalue weighted by Crippen LogP contribution is -2.17. The first-order chi connectivity index (χ1) is 16.8. The Kier molecular flexibility index (Phi) is 6.95. The summed E-state index contributed by atoms with van der Waals surface area (Å²) in [6.07, 6.45) is 2.73. The fourth-order valence-electron chi connectivity index (χ4n) is 3.72. The molecule has 1 aliphatic rings. The van der Waals surface area contributed by atoms with Gasteiger partial charge in [0.05, 0.1) is 13.2 Å². The summed E-state index contributed by atoms with van der Waals surface area (Å²) < 4.78 is 37.5. The average molecular weight is 579 g/mol. The van der Waals surface area contributed by atoms with Crippen LogP contribution in [-0.4, -0.2) is 53.0 Å². The van der Waals surface area contributed by atoms with E-state index in [1.807, 2.05) is 20.8 Å². The molecule has 2 aromatic heterocycles. The Bertz CT molecular complexity index is 1450. The number of nitrogens with zero attached hydrogens (tertiary/aromatic N) is 4. The number of aromatic nitrogens is 4. The van der Waals surface area contributed by atoms with Crippen LogP contribution in [0.1, 0.15) is 90.0 Å². The zero-order valence-corrected chi connectivity index (χ0v) is 23.1. The SMILES string of the molecule is CCOC(=O)c1noc(C2CC2)c1C(=O)c1ccc(Br)cc1Cn1nc(C(C)(C)C)nc1S(C)(=O)=O. The number of hydrogen-bond acceptors (Lipinski definition) is 9. The van der Waals surface area contributed by atoms with E-state index >= 15 is 0 Å². The van der Waals surface area contributed by atoms with Gasteiger partial charge in [-0.15, -0.1) is 0 Å². The highest BCUT2D eigenvalue weighted by Crippen LogP contribution is 2.43. The third kappa shape index (κ3) is 5.29. The number of rotatable bonds is 8. The van der Waals surface area contributed by atoms with Gasteiger partial charge in [-0.1, -0.05) is 41.9 Å². The van der Waals surface area contributed by atoms with E-state index in [1.165, 1.54) is 4.68 Å². The minimum atomic E-state index is -3.71. The van der Waals surface area contributed by atoms with Crippen molar-refractivity contribution in [1.29, 1.82) is 0 Å². The van der Waals surface area contributed by atoms with Crippen LogP contribution in [0.5, 0.6) is 0 Å². The molecule has 4 rings (SSSR count). The number of benzene rings is 1. The fourth-order valence-corrected chi connectivity index (χ4v) is 4.87. The summed E-state index contributed by atoms with van der Waals surface area (Å²) in [7, 11) is -3.71. The van der Waals surface area contributed by atoms with Crippen LogP contribution < -0.4 is 0 Å². The summed E-state index contributed by atoms with van der Waals surface area (Å²) in [6.45, 7) is 7.40.